The average molecular weight is 239 g/mol. The van der Waals surface area contributed by atoms with Gasteiger partial charge in [-0.1, -0.05) is 6.92 Å². The Kier molecular flexibility index (Phi) is 3.97. The van der Waals surface area contributed by atoms with E-state index >= 15 is 0 Å². The lowest BCUT2D eigenvalue weighted by molar-refractivity contribution is -0.0801. The summed E-state index contributed by atoms with van der Waals surface area (Å²) in [7, 11) is 0. The van der Waals surface area contributed by atoms with Crippen LogP contribution in [0.5, 0.6) is 5.75 Å². The summed E-state index contributed by atoms with van der Waals surface area (Å²) in [4.78, 5) is 0. The summed E-state index contributed by atoms with van der Waals surface area (Å²) in [5, 5.41) is 3.26. The molecule has 1 N–H and O–H groups in total. The van der Waals surface area contributed by atoms with Gasteiger partial charge >= 0.3 is 0 Å². The molecule has 4 heteroatoms. The van der Waals surface area contributed by atoms with E-state index in [4.69, 9.17) is 9.47 Å². The van der Waals surface area contributed by atoms with Crippen molar-refractivity contribution in [1.82, 2.24) is 5.32 Å². The fourth-order valence-electron chi connectivity index (χ4n) is 1.84. The molecule has 1 heterocycles. The van der Waals surface area contributed by atoms with Crippen molar-refractivity contribution >= 4 is 0 Å². The van der Waals surface area contributed by atoms with Gasteiger partial charge in [-0.15, -0.1) is 0 Å². The topological polar surface area (TPSA) is 30.5 Å². The van der Waals surface area contributed by atoms with E-state index in [-0.39, 0.29) is 18.0 Å². The van der Waals surface area contributed by atoms with Gasteiger partial charge in [0.25, 0.3) is 0 Å². The van der Waals surface area contributed by atoms with Gasteiger partial charge < -0.3 is 14.8 Å². The summed E-state index contributed by atoms with van der Waals surface area (Å²) in [6, 6.07) is 4.72. The Hall–Kier alpha value is -1.13. The molecule has 1 saturated heterocycles. The molecule has 94 valence electrons. The lowest BCUT2D eigenvalue weighted by Crippen LogP contribution is -2.39. The average Bonchev–Trinajstić information content (AvgIpc) is 2.25. The van der Waals surface area contributed by atoms with Crippen LogP contribution in [0, 0.1) is 5.82 Å². The molecule has 1 atom stereocenters. The van der Waals surface area contributed by atoms with Gasteiger partial charge in [-0.05, 0) is 31.7 Å². The summed E-state index contributed by atoms with van der Waals surface area (Å²) in [5.41, 5.74) is 0.860. The van der Waals surface area contributed by atoms with E-state index in [9.17, 15) is 4.39 Å². The maximum atomic E-state index is 13.3. The van der Waals surface area contributed by atoms with E-state index in [0.29, 0.717) is 13.2 Å². The lowest BCUT2D eigenvalue weighted by atomic mass is 10.1. The zero-order chi connectivity index (χ0) is 12.3. The second-order valence-electron chi connectivity index (χ2n) is 4.24. The summed E-state index contributed by atoms with van der Waals surface area (Å²) in [5.74, 6) is 0.509. The Balaban J connectivity index is 2.16. The minimum atomic E-state index is -0.234. The van der Waals surface area contributed by atoms with Crippen LogP contribution >= 0.6 is 0 Å². The third-order valence-electron chi connectivity index (χ3n) is 2.85. The smallest absolute Gasteiger partial charge is 0.145 e. The number of nitrogens with one attached hydrogen (secondary N) is 1. The van der Waals surface area contributed by atoms with Crippen LogP contribution in [0.1, 0.15) is 25.5 Å². The summed E-state index contributed by atoms with van der Waals surface area (Å²) in [6.45, 7) is 6.10. The third-order valence-corrected chi connectivity index (χ3v) is 2.85. The first-order valence-corrected chi connectivity index (χ1v) is 5.98. The van der Waals surface area contributed by atoms with Gasteiger partial charge in [0.05, 0.1) is 13.2 Å². The van der Waals surface area contributed by atoms with E-state index in [1.54, 1.807) is 6.07 Å². The first-order valence-electron chi connectivity index (χ1n) is 5.98. The van der Waals surface area contributed by atoms with Crippen molar-refractivity contribution in [2.75, 3.05) is 19.8 Å². The van der Waals surface area contributed by atoms with Crippen LogP contribution in [0.15, 0.2) is 18.2 Å². The van der Waals surface area contributed by atoms with Crippen molar-refractivity contribution in [3.63, 3.8) is 0 Å². The van der Waals surface area contributed by atoms with Gasteiger partial charge in [0, 0.05) is 11.6 Å². The van der Waals surface area contributed by atoms with Crippen molar-refractivity contribution < 1.29 is 13.9 Å². The van der Waals surface area contributed by atoms with E-state index in [1.807, 2.05) is 13.8 Å². The zero-order valence-electron chi connectivity index (χ0n) is 10.2. The molecule has 1 aromatic rings. The standard InChI is InChI=1S/C13H18FNO2/c1-3-15-9(2)12-6-10(14)4-5-13(12)17-11-7-16-8-11/h4-6,9,11,15H,3,7-8H2,1-2H3. The highest BCUT2D eigenvalue weighted by molar-refractivity contribution is 5.36. The summed E-state index contributed by atoms with van der Waals surface area (Å²) < 4.78 is 24.1. The monoisotopic (exact) mass is 239 g/mol. The first kappa shape index (κ1) is 12.3. The first-order chi connectivity index (χ1) is 8.20. The number of halogens is 1. The Morgan fingerprint density at radius 1 is 1.53 bits per heavy atom. The largest absolute Gasteiger partial charge is 0.485 e. The maximum absolute atomic E-state index is 13.3. The molecule has 0 saturated carbocycles. The molecular formula is C13H18FNO2. The Morgan fingerprint density at radius 2 is 2.29 bits per heavy atom. The second kappa shape index (κ2) is 5.47. The van der Waals surface area contributed by atoms with E-state index in [0.717, 1.165) is 17.9 Å². The molecule has 1 aliphatic heterocycles. The van der Waals surface area contributed by atoms with Crippen LogP contribution < -0.4 is 10.1 Å². The molecule has 3 nitrogen and oxygen atoms in total. The van der Waals surface area contributed by atoms with E-state index in [1.165, 1.54) is 12.1 Å². The van der Waals surface area contributed by atoms with Gasteiger partial charge in [0.15, 0.2) is 0 Å². The number of benzene rings is 1. The number of hydrogen-bond acceptors (Lipinski definition) is 3. The number of rotatable bonds is 5. The molecular weight excluding hydrogens is 221 g/mol. The fourth-order valence-corrected chi connectivity index (χ4v) is 1.84. The molecule has 17 heavy (non-hydrogen) atoms. The molecule has 1 unspecified atom stereocenters. The predicted octanol–water partition coefficient (Wildman–Crippen LogP) is 2.27. The van der Waals surface area contributed by atoms with E-state index < -0.39 is 0 Å². The minimum Gasteiger partial charge on any atom is -0.485 e. The van der Waals surface area contributed by atoms with Crippen LogP contribution in [-0.2, 0) is 4.74 Å². The van der Waals surface area contributed by atoms with Gasteiger partial charge in [-0.2, -0.15) is 0 Å². The predicted molar refractivity (Wildman–Crippen MR) is 63.7 cm³/mol. The number of hydrogen-bond donors (Lipinski definition) is 1. The van der Waals surface area contributed by atoms with Crippen LogP contribution in [0.4, 0.5) is 4.39 Å². The van der Waals surface area contributed by atoms with Crippen LogP contribution in [0.2, 0.25) is 0 Å². The molecule has 0 aliphatic carbocycles. The van der Waals surface area contributed by atoms with Crippen molar-refractivity contribution in [3.05, 3.63) is 29.6 Å². The Bertz CT molecular complexity index is 380. The fraction of sp³-hybridized carbons (Fsp3) is 0.538. The quantitative estimate of drug-likeness (QED) is 0.855. The van der Waals surface area contributed by atoms with Crippen molar-refractivity contribution in [2.24, 2.45) is 0 Å². The minimum absolute atomic E-state index is 0.0756. The van der Waals surface area contributed by atoms with Crippen LogP contribution in [-0.4, -0.2) is 25.9 Å². The molecule has 1 aliphatic rings. The van der Waals surface area contributed by atoms with Crippen LogP contribution in [0.25, 0.3) is 0 Å². The maximum Gasteiger partial charge on any atom is 0.145 e. The van der Waals surface area contributed by atoms with Gasteiger partial charge in [0.2, 0.25) is 0 Å². The van der Waals surface area contributed by atoms with E-state index in [2.05, 4.69) is 5.32 Å². The molecule has 0 radical (unpaired) electrons. The summed E-state index contributed by atoms with van der Waals surface area (Å²) >= 11 is 0. The highest BCUT2D eigenvalue weighted by Gasteiger charge is 2.22. The highest BCUT2D eigenvalue weighted by Crippen LogP contribution is 2.28. The highest BCUT2D eigenvalue weighted by atomic mass is 19.1. The van der Waals surface area contributed by atoms with Gasteiger partial charge in [0.1, 0.15) is 17.7 Å². The normalized spacial score (nSPS) is 17.6. The number of ether oxygens (including phenoxy) is 2. The van der Waals surface area contributed by atoms with Gasteiger partial charge in [-0.25, -0.2) is 4.39 Å². The molecule has 1 fully saturated rings. The second-order valence-corrected chi connectivity index (χ2v) is 4.24. The Morgan fingerprint density at radius 3 is 2.88 bits per heavy atom. The summed E-state index contributed by atoms with van der Waals surface area (Å²) in [6.07, 6.45) is 0.105. The SMILES string of the molecule is CCNC(C)c1cc(F)ccc1OC1COC1. The molecule has 0 spiro atoms. The van der Waals surface area contributed by atoms with Crippen LogP contribution in [0.3, 0.4) is 0 Å². The van der Waals surface area contributed by atoms with Crippen molar-refractivity contribution in [3.8, 4) is 5.75 Å². The lowest BCUT2D eigenvalue weighted by Gasteiger charge is -2.28. The van der Waals surface area contributed by atoms with Crippen molar-refractivity contribution in [1.29, 1.82) is 0 Å². The molecule has 0 amide bonds. The third kappa shape index (κ3) is 2.96. The Labute approximate surface area is 101 Å². The van der Waals surface area contributed by atoms with Gasteiger partial charge in [-0.3, -0.25) is 0 Å². The van der Waals surface area contributed by atoms with Crippen molar-refractivity contribution in [2.45, 2.75) is 26.0 Å². The molecule has 2 rings (SSSR count). The molecule has 0 bridgehead atoms. The molecule has 1 aromatic carbocycles. The molecule has 0 aromatic heterocycles. The zero-order valence-corrected chi connectivity index (χ0v) is 10.2.